The van der Waals surface area contributed by atoms with Crippen molar-refractivity contribution in [3.8, 4) is 0 Å². The van der Waals surface area contributed by atoms with E-state index in [2.05, 4.69) is 10.3 Å². The zero-order valence-corrected chi connectivity index (χ0v) is 20.4. The molecule has 1 spiro atoms. The molecule has 8 nitrogen and oxygen atoms in total. The van der Waals surface area contributed by atoms with Crippen molar-refractivity contribution in [2.75, 3.05) is 24.5 Å². The number of halogens is 7. The summed E-state index contributed by atoms with van der Waals surface area (Å²) in [6.07, 6.45) is -6.45. The number of carbonyl (C=O) groups excluding carboxylic acids is 1. The summed E-state index contributed by atoms with van der Waals surface area (Å²) >= 11 is 6.26. The molecule has 0 unspecified atom stereocenters. The van der Waals surface area contributed by atoms with Crippen LogP contribution >= 0.6 is 11.6 Å². The van der Waals surface area contributed by atoms with Crippen LogP contribution in [-0.4, -0.2) is 65.0 Å². The van der Waals surface area contributed by atoms with Crippen LogP contribution in [0.4, 0.5) is 32.0 Å². The topological polar surface area (TPSA) is 120 Å². The van der Waals surface area contributed by atoms with Crippen LogP contribution in [-0.2, 0) is 15.0 Å². The lowest BCUT2D eigenvalue weighted by molar-refractivity contribution is -0.193. The molecule has 0 atom stereocenters. The van der Waals surface area contributed by atoms with E-state index in [1.807, 2.05) is 42.2 Å². The van der Waals surface area contributed by atoms with Crippen LogP contribution in [0.25, 0.3) is 0 Å². The van der Waals surface area contributed by atoms with Gasteiger partial charge in [0.25, 0.3) is 5.91 Å². The number of anilines is 1. The normalized spacial score (nSPS) is 15.9. The first-order valence-electron chi connectivity index (χ1n) is 10.8. The molecule has 3 heterocycles. The van der Waals surface area contributed by atoms with Crippen molar-refractivity contribution in [2.24, 2.45) is 0 Å². The number of aromatic nitrogens is 1. The van der Waals surface area contributed by atoms with Crippen LogP contribution in [0.1, 0.15) is 34.5 Å². The van der Waals surface area contributed by atoms with E-state index in [9.17, 15) is 31.1 Å². The Morgan fingerprint density at radius 3 is 1.95 bits per heavy atom. The molecule has 2 aromatic rings. The Morgan fingerprint density at radius 1 is 0.974 bits per heavy atom. The Hall–Kier alpha value is -3.39. The van der Waals surface area contributed by atoms with Gasteiger partial charge >= 0.3 is 24.3 Å². The van der Waals surface area contributed by atoms with E-state index in [1.54, 1.807) is 6.20 Å². The number of benzene rings is 1. The van der Waals surface area contributed by atoms with E-state index in [0.29, 0.717) is 5.56 Å². The Kier molecular flexibility index (Phi) is 9.72. The number of alkyl halides is 6. The van der Waals surface area contributed by atoms with E-state index in [-0.39, 0.29) is 11.3 Å². The van der Waals surface area contributed by atoms with Crippen molar-refractivity contribution in [1.82, 2.24) is 10.3 Å². The number of pyridine rings is 1. The standard InChI is InChI=1S/C19H20ClN3O.2C2HF3O2/c1-13-2-3-14(11-22-13)18(24)23-12-19(6-8-21-9-7-19)16-10-15(20)4-5-17(16)23;2*3-2(4,5)1(6)7/h2-5,10-11,21H,6-9,12H2,1H3;2*(H,6,7). The van der Waals surface area contributed by atoms with Gasteiger partial charge in [-0.25, -0.2) is 9.59 Å². The Bertz CT molecular complexity index is 1140. The number of piperidine rings is 1. The number of aliphatic carboxylic acids is 2. The van der Waals surface area contributed by atoms with Crippen LogP contribution in [0, 0.1) is 6.92 Å². The third kappa shape index (κ3) is 7.81. The van der Waals surface area contributed by atoms with Gasteiger partial charge in [-0.05, 0) is 68.8 Å². The van der Waals surface area contributed by atoms with Gasteiger partial charge in [-0.1, -0.05) is 11.6 Å². The van der Waals surface area contributed by atoms with Crippen molar-refractivity contribution in [3.63, 3.8) is 0 Å². The zero-order chi connectivity index (χ0) is 28.9. The van der Waals surface area contributed by atoms with Crippen molar-refractivity contribution in [1.29, 1.82) is 0 Å². The molecule has 0 radical (unpaired) electrons. The van der Waals surface area contributed by atoms with Gasteiger partial charge in [0.2, 0.25) is 0 Å². The SMILES string of the molecule is Cc1ccc(C(=O)N2CC3(CCNCC3)c3cc(Cl)ccc32)cn1.O=C(O)C(F)(F)F.O=C(O)C(F)(F)F. The van der Waals surface area contributed by atoms with E-state index >= 15 is 0 Å². The van der Waals surface area contributed by atoms with E-state index < -0.39 is 24.3 Å². The summed E-state index contributed by atoms with van der Waals surface area (Å²) in [4.78, 5) is 37.0. The van der Waals surface area contributed by atoms with Crippen LogP contribution < -0.4 is 10.2 Å². The average Bonchev–Trinajstić information content (AvgIpc) is 3.12. The number of carboxylic acid groups (broad SMARTS) is 2. The molecule has 0 aliphatic carbocycles. The predicted octanol–water partition coefficient (Wildman–Crippen LogP) is 4.59. The molecular weight excluding hydrogens is 548 g/mol. The molecule has 15 heteroatoms. The predicted molar refractivity (Wildman–Crippen MR) is 123 cm³/mol. The van der Waals surface area contributed by atoms with Gasteiger partial charge in [0.05, 0.1) is 5.56 Å². The number of carbonyl (C=O) groups is 3. The fraction of sp³-hybridized carbons (Fsp3) is 0.391. The second-order valence-corrected chi connectivity index (χ2v) is 8.81. The van der Waals surface area contributed by atoms with Crippen molar-refractivity contribution in [3.05, 3.63) is 58.4 Å². The quantitative estimate of drug-likeness (QED) is 0.430. The first-order chi connectivity index (χ1) is 17.5. The molecule has 2 aliphatic heterocycles. The Labute approximate surface area is 217 Å². The fourth-order valence-corrected chi connectivity index (χ4v) is 4.08. The molecule has 1 amide bonds. The highest BCUT2D eigenvalue weighted by molar-refractivity contribution is 6.30. The van der Waals surface area contributed by atoms with Gasteiger partial charge in [0, 0.05) is 34.6 Å². The summed E-state index contributed by atoms with van der Waals surface area (Å²) in [5, 5.41) is 18.4. The maximum atomic E-state index is 13.1. The summed E-state index contributed by atoms with van der Waals surface area (Å²) in [7, 11) is 0. The maximum absolute atomic E-state index is 13.1. The van der Waals surface area contributed by atoms with Crippen molar-refractivity contribution < 1.29 is 50.9 Å². The molecule has 1 saturated heterocycles. The highest BCUT2D eigenvalue weighted by atomic mass is 35.5. The number of fused-ring (bicyclic) bond motifs is 2. The number of nitrogens with zero attached hydrogens (tertiary/aromatic N) is 2. The van der Waals surface area contributed by atoms with Crippen LogP contribution in [0.3, 0.4) is 0 Å². The number of hydrogen-bond donors (Lipinski definition) is 3. The minimum absolute atomic E-state index is 0.0132. The largest absolute Gasteiger partial charge is 0.490 e. The second-order valence-electron chi connectivity index (χ2n) is 8.38. The van der Waals surface area contributed by atoms with E-state index in [1.165, 1.54) is 5.56 Å². The van der Waals surface area contributed by atoms with Gasteiger partial charge < -0.3 is 20.4 Å². The summed E-state index contributed by atoms with van der Waals surface area (Å²) < 4.78 is 63.5. The summed E-state index contributed by atoms with van der Waals surface area (Å²) in [5.41, 5.74) is 3.76. The molecule has 3 N–H and O–H groups in total. The lowest BCUT2D eigenvalue weighted by Gasteiger charge is -2.34. The molecular formula is C23H22ClF6N3O5. The molecule has 1 aromatic heterocycles. The minimum atomic E-state index is -5.08. The summed E-state index contributed by atoms with van der Waals surface area (Å²) in [6.45, 7) is 4.59. The first kappa shape index (κ1) is 30.8. The van der Waals surface area contributed by atoms with Gasteiger partial charge in [0.1, 0.15) is 0 Å². The Morgan fingerprint density at radius 2 is 1.50 bits per heavy atom. The van der Waals surface area contributed by atoms with E-state index in [4.69, 9.17) is 31.4 Å². The van der Waals surface area contributed by atoms with Gasteiger partial charge in [-0.2, -0.15) is 26.3 Å². The van der Waals surface area contributed by atoms with Crippen LogP contribution in [0.5, 0.6) is 0 Å². The highest BCUT2D eigenvalue weighted by Gasteiger charge is 2.45. The summed E-state index contributed by atoms with van der Waals surface area (Å²) in [5.74, 6) is -5.50. The molecule has 38 heavy (non-hydrogen) atoms. The number of aryl methyl sites for hydroxylation is 1. The first-order valence-corrected chi connectivity index (χ1v) is 11.2. The molecule has 1 fully saturated rings. The third-order valence-electron chi connectivity index (χ3n) is 5.73. The molecule has 2 aliphatic rings. The number of carboxylic acids is 2. The maximum Gasteiger partial charge on any atom is 0.490 e. The average molecular weight is 570 g/mol. The molecule has 0 saturated carbocycles. The molecule has 208 valence electrons. The van der Waals surface area contributed by atoms with Crippen LogP contribution in [0.2, 0.25) is 5.02 Å². The Balaban J connectivity index is 0.000000301. The van der Waals surface area contributed by atoms with Crippen molar-refractivity contribution in [2.45, 2.75) is 37.5 Å². The van der Waals surface area contributed by atoms with Gasteiger partial charge in [0.15, 0.2) is 0 Å². The minimum Gasteiger partial charge on any atom is -0.475 e. The van der Waals surface area contributed by atoms with Crippen molar-refractivity contribution >= 4 is 35.1 Å². The van der Waals surface area contributed by atoms with Gasteiger partial charge in [-0.3, -0.25) is 9.78 Å². The number of hydrogen-bond acceptors (Lipinski definition) is 5. The zero-order valence-electron chi connectivity index (χ0n) is 19.7. The number of nitrogens with one attached hydrogen (secondary N) is 1. The third-order valence-corrected chi connectivity index (χ3v) is 5.97. The monoisotopic (exact) mass is 569 g/mol. The fourth-order valence-electron chi connectivity index (χ4n) is 3.91. The smallest absolute Gasteiger partial charge is 0.475 e. The highest BCUT2D eigenvalue weighted by Crippen LogP contribution is 2.47. The lowest BCUT2D eigenvalue weighted by Crippen LogP contribution is -2.44. The van der Waals surface area contributed by atoms with Gasteiger partial charge in [-0.15, -0.1) is 0 Å². The number of rotatable bonds is 1. The van der Waals surface area contributed by atoms with E-state index in [0.717, 1.165) is 48.9 Å². The second kappa shape index (κ2) is 12.0. The van der Waals surface area contributed by atoms with Crippen LogP contribution in [0.15, 0.2) is 36.5 Å². The summed E-state index contributed by atoms with van der Waals surface area (Å²) in [6, 6.07) is 9.63. The lowest BCUT2D eigenvalue weighted by atomic mass is 9.75. The number of amides is 1. The molecule has 0 bridgehead atoms. The molecule has 4 rings (SSSR count). The molecule has 1 aromatic carbocycles.